The number of nitrogens with zero attached hydrogens (tertiary/aromatic N) is 1. The summed E-state index contributed by atoms with van der Waals surface area (Å²) in [4.78, 5) is 1.03. The number of rotatable bonds is 5. The molecule has 0 aliphatic rings. The monoisotopic (exact) mass is 272 g/mol. The first-order valence-electron chi connectivity index (χ1n) is 6.34. The van der Waals surface area contributed by atoms with Gasteiger partial charge in [0.1, 0.15) is 0 Å². The molecule has 0 saturated carbocycles. The lowest BCUT2D eigenvalue weighted by atomic mass is 10.0. The van der Waals surface area contributed by atoms with Gasteiger partial charge in [0.15, 0.2) is 5.71 Å². The van der Waals surface area contributed by atoms with Crippen LogP contribution in [0.25, 0.3) is 0 Å². The predicted molar refractivity (Wildman–Crippen MR) is 81.4 cm³/mol. The highest BCUT2D eigenvalue weighted by molar-refractivity contribution is 7.13. The van der Waals surface area contributed by atoms with Gasteiger partial charge in [-0.15, -0.1) is 11.3 Å². The van der Waals surface area contributed by atoms with Crippen LogP contribution >= 0.6 is 11.3 Å². The molecule has 0 unspecified atom stereocenters. The van der Waals surface area contributed by atoms with Crippen molar-refractivity contribution in [1.82, 2.24) is 0 Å². The summed E-state index contributed by atoms with van der Waals surface area (Å²) >= 11 is 1.61. The molecule has 0 aliphatic carbocycles. The van der Waals surface area contributed by atoms with Crippen molar-refractivity contribution in [3.05, 3.63) is 57.8 Å². The molecule has 0 saturated heterocycles. The summed E-state index contributed by atoms with van der Waals surface area (Å²) in [7, 11) is 1.88. The fraction of sp³-hybridized carbons (Fsp3) is 0.200. The molecule has 0 amide bonds. The van der Waals surface area contributed by atoms with E-state index in [2.05, 4.69) is 24.2 Å². The Kier molecular flexibility index (Phi) is 4.60. The van der Waals surface area contributed by atoms with E-state index in [4.69, 9.17) is 5.41 Å². The number of nitrogens with two attached hydrogens (primary N) is 1. The van der Waals surface area contributed by atoms with Crippen LogP contribution in [-0.2, 0) is 6.42 Å². The zero-order valence-corrected chi connectivity index (χ0v) is 12.0. The fourth-order valence-electron chi connectivity index (χ4n) is 1.84. The maximum absolute atomic E-state index is 8.35. The average molecular weight is 272 g/mol. The Labute approximate surface area is 117 Å². The lowest BCUT2D eigenvalue weighted by Crippen LogP contribution is -2.73. The van der Waals surface area contributed by atoms with Crippen LogP contribution in [0, 0.1) is 5.41 Å². The van der Waals surface area contributed by atoms with E-state index in [1.54, 1.807) is 16.8 Å². The van der Waals surface area contributed by atoms with Gasteiger partial charge in [0.2, 0.25) is 0 Å². The minimum absolute atomic E-state index is 0.475. The third-order valence-corrected chi connectivity index (χ3v) is 3.78. The summed E-state index contributed by atoms with van der Waals surface area (Å²) in [6, 6.07) is 12.1. The number of thiophene rings is 1. The first-order valence-corrected chi connectivity index (χ1v) is 7.22. The number of benzene rings is 1. The third kappa shape index (κ3) is 3.16. The minimum Gasteiger partial charge on any atom is -0.298 e. The number of quaternary nitrogens is 1. The van der Waals surface area contributed by atoms with E-state index < -0.39 is 0 Å². The maximum Gasteiger partial charge on any atom is 0.161 e. The van der Waals surface area contributed by atoms with E-state index in [1.807, 2.05) is 36.7 Å². The van der Waals surface area contributed by atoms with Crippen molar-refractivity contribution < 1.29 is 5.43 Å². The van der Waals surface area contributed by atoms with Gasteiger partial charge in [-0.2, -0.15) is 0 Å². The van der Waals surface area contributed by atoms with Crippen LogP contribution in [-0.4, -0.2) is 18.5 Å². The second-order valence-corrected chi connectivity index (χ2v) is 5.09. The second kappa shape index (κ2) is 6.41. The van der Waals surface area contributed by atoms with Gasteiger partial charge in [-0.3, -0.25) is 5.41 Å². The fourth-order valence-corrected chi connectivity index (χ4v) is 2.56. The summed E-state index contributed by atoms with van der Waals surface area (Å²) in [6.07, 6.45) is 1.02. The molecule has 0 fully saturated rings. The standard InChI is InChI=1S/C15H17N3S/c1-3-11-6-8-12(9-7-11)14(16)15(18-17-2)13-5-4-10-19-13/h4-10,16-17H,3H2,1-2H3/p+1/b16-14?,18-15-. The van der Waals surface area contributed by atoms with Crippen LogP contribution in [0.2, 0.25) is 0 Å². The molecule has 4 heteroatoms. The Hall–Kier alpha value is -1.78. The number of hydrogen-bond donors (Lipinski definition) is 2. The van der Waals surface area contributed by atoms with E-state index in [9.17, 15) is 0 Å². The Morgan fingerprint density at radius 2 is 2.00 bits per heavy atom. The van der Waals surface area contributed by atoms with E-state index in [0.717, 1.165) is 22.6 Å². The average Bonchev–Trinajstić information content (AvgIpc) is 2.98. The van der Waals surface area contributed by atoms with Gasteiger partial charge in [0.25, 0.3) is 0 Å². The molecule has 1 aromatic carbocycles. The van der Waals surface area contributed by atoms with Crippen LogP contribution in [0.5, 0.6) is 0 Å². The predicted octanol–water partition coefficient (Wildman–Crippen LogP) is 2.28. The molecule has 3 N–H and O–H groups in total. The van der Waals surface area contributed by atoms with Gasteiger partial charge < -0.3 is 0 Å². The Morgan fingerprint density at radius 1 is 1.26 bits per heavy atom. The molecular weight excluding hydrogens is 254 g/mol. The van der Waals surface area contributed by atoms with E-state index in [1.165, 1.54) is 5.56 Å². The number of hydrogen-bond acceptors (Lipinski definition) is 3. The summed E-state index contributed by atoms with van der Waals surface area (Å²) < 4.78 is 0. The quantitative estimate of drug-likeness (QED) is 0.477. The molecule has 1 aromatic heterocycles. The van der Waals surface area contributed by atoms with Gasteiger partial charge in [-0.05, 0) is 23.4 Å². The molecule has 0 atom stereocenters. The van der Waals surface area contributed by atoms with Gasteiger partial charge in [0.05, 0.1) is 17.6 Å². The third-order valence-electron chi connectivity index (χ3n) is 2.90. The highest BCUT2D eigenvalue weighted by Gasteiger charge is 2.15. The minimum atomic E-state index is 0.475. The normalized spacial score (nSPS) is 11.6. The van der Waals surface area contributed by atoms with Gasteiger partial charge in [0, 0.05) is 5.56 Å². The van der Waals surface area contributed by atoms with Crippen molar-refractivity contribution in [3.8, 4) is 0 Å². The van der Waals surface area contributed by atoms with Gasteiger partial charge >= 0.3 is 0 Å². The topological polar surface area (TPSA) is 52.8 Å². The van der Waals surface area contributed by atoms with E-state index >= 15 is 0 Å². The zero-order valence-electron chi connectivity index (χ0n) is 11.2. The Morgan fingerprint density at radius 3 is 2.53 bits per heavy atom. The highest BCUT2D eigenvalue weighted by Crippen LogP contribution is 2.14. The van der Waals surface area contributed by atoms with Crippen molar-refractivity contribution in [2.45, 2.75) is 13.3 Å². The molecule has 0 spiro atoms. The van der Waals surface area contributed by atoms with Gasteiger partial charge in [-0.1, -0.05) is 42.4 Å². The summed E-state index contributed by atoms with van der Waals surface area (Å²) in [5.41, 5.74) is 5.15. The van der Waals surface area contributed by atoms with Crippen molar-refractivity contribution in [1.29, 1.82) is 5.41 Å². The van der Waals surface area contributed by atoms with Crippen LogP contribution < -0.4 is 5.43 Å². The molecule has 2 rings (SSSR count). The maximum atomic E-state index is 8.35. The van der Waals surface area contributed by atoms with Gasteiger partial charge in [-0.25, -0.2) is 5.43 Å². The Bertz CT molecular complexity index is 568. The lowest BCUT2D eigenvalue weighted by Gasteiger charge is -2.06. The molecule has 98 valence electrons. The van der Waals surface area contributed by atoms with Crippen molar-refractivity contribution in [3.63, 3.8) is 0 Å². The first kappa shape index (κ1) is 13.6. The summed E-state index contributed by atoms with van der Waals surface area (Å²) in [5, 5.41) is 14.7. The van der Waals surface area contributed by atoms with E-state index in [0.29, 0.717) is 5.71 Å². The van der Waals surface area contributed by atoms with Crippen LogP contribution in [0.1, 0.15) is 22.9 Å². The van der Waals surface area contributed by atoms with E-state index in [-0.39, 0.29) is 0 Å². The molecule has 0 bridgehead atoms. The van der Waals surface area contributed by atoms with Crippen molar-refractivity contribution in [2.24, 2.45) is 5.10 Å². The number of aryl methyl sites for hydroxylation is 1. The molecule has 0 aliphatic heterocycles. The summed E-state index contributed by atoms with van der Waals surface area (Å²) in [5.74, 6) is 0. The molecular formula is C15H18N3S+. The SMILES string of the molecule is CCc1ccc(C(=N)/C(=N\[NH2+]C)c2cccs2)cc1. The van der Waals surface area contributed by atoms with Crippen LogP contribution in [0.4, 0.5) is 0 Å². The van der Waals surface area contributed by atoms with Crippen molar-refractivity contribution >= 4 is 22.8 Å². The summed E-state index contributed by atoms with van der Waals surface area (Å²) in [6.45, 7) is 2.13. The number of nitrogens with one attached hydrogen (secondary N) is 1. The second-order valence-electron chi connectivity index (χ2n) is 4.14. The molecule has 2 aromatic rings. The molecule has 19 heavy (non-hydrogen) atoms. The largest absolute Gasteiger partial charge is 0.298 e. The van der Waals surface area contributed by atoms with Crippen LogP contribution in [0.3, 0.4) is 0 Å². The lowest BCUT2D eigenvalue weighted by molar-refractivity contribution is -0.632. The van der Waals surface area contributed by atoms with Crippen LogP contribution in [0.15, 0.2) is 46.9 Å². The highest BCUT2D eigenvalue weighted by atomic mass is 32.1. The molecule has 1 heterocycles. The smallest absolute Gasteiger partial charge is 0.161 e. The molecule has 3 nitrogen and oxygen atoms in total. The Balaban J connectivity index is 2.32. The molecule has 0 radical (unpaired) electrons. The van der Waals surface area contributed by atoms with Crippen molar-refractivity contribution in [2.75, 3.05) is 7.05 Å². The first-order chi connectivity index (χ1) is 9.26. The zero-order chi connectivity index (χ0) is 13.7.